The smallest absolute Gasteiger partial charge is 0.126 e. The van der Waals surface area contributed by atoms with Crippen LogP contribution < -0.4 is 10.3 Å². The summed E-state index contributed by atoms with van der Waals surface area (Å²) in [6, 6.07) is 0.0725. The van der Waals surface area contributed by atoms with Crippen LogP contribution in [0.2, 0.25) is 0 Å². The van der Waals surface area contributed by atoms with E-state index >= 15 is 0 Å². The van der Waals surface area contributed by atoms with Crippen LogP contribution in [0, 0.1) is 22.3 Å². The van der Waals surface area contributed by atoms with Crippen LogP contribution in [0.1, 0.15) is 44.9 Å². The summed E-state index contributed by atoms with van der Waals surface area (Å²) in [4.78, 5) is 5.74. The molecule has 0 heterocycles. The highest BCUT2D eigenvalue weighted by atomic mass is 16.9. The van der Waals surface area contributed by atoms with Crippen molar-refractivity contribution in [3.8, 4) is 0 Å². The number of hydrogen-bond donors (Lipinski definition) is 2. The highest BCUT2D eigenvalue weighted by molar-refractivity contribution is 4.95. The zero-order valence-electron chi connectivity index (χ0n) is 13.0. The predicted octanol–water partition coefficient (Wildman–Crippen LogP) is -0.562. The number of nitrogens with one attached hydrogen (secondary N) is 2. The normalized spacial score (nSPS) is 45.7. The molecule has 3 aliphatic carbocycles. The lowest BCUT2D eigenvalue weighted by Crippen LogP contribution is -3.15. The first-order chi connectivity index (χ1) is 10.1. The second-order valence-corrected chi connectivity index (χ2v) is 7.13. The fraction of sp³-hybridized carbons (Fsp3) is 1.00. The quantitative estimate of drug-likeness (QED) is 0.668. The van der Waals surface area contributed by atoms with Gasteiger partial charge in [0.1, 0.15) is 12.1 Å². The third-order valence-electron chi connectivity index (χ3n) is 5.88. The van der Waals surface area contributed by atoms with Gasteiger partial charge in [-0.25, -0.2) is 10.1 Å². The van der Waals surface area contributed by atoms with Crippen LogP contribution in [-0.2, 0) is 9.57 Å². The number of quaternary nitrogens is 2. The minimum Gasteiger partial charge on any atom is -0.634 e. The van der Waals surface area contributed by atoms with Gasteiger partial charge in [-0.15, -0.1) is 0 Å². The summed E-state index contributed by atoms with van der Waals surface area (Å²) in [6.45, 7) is 0. The first-order valence-corrected chi connectivity index (χ1v) is 8.32. The topological polar surface area (TPSA) is 73.5 Å². The Morgan fingerprint density at radius 3 is 2.10 bits per heavy atom. The van der Waals surface area contributed by atoms with Crippen LogP contribution >= 0.6 is 0 Å². The average Bonchev–Trinajstić information content (AvgIpc) is 3.08. The Balaban J connectivity index is 1.51. The van der Waals surface area contributed by atoms with Gasteiger partial charge in [-0.3, -0.25) is 0 Å². The summed E-state index contributed by atoms with van der Waals surface area (Å²) < 4.78 is 5.35. The number of fused-ring (bicyclic) bond motifs is 2. The first kappa shape index (κ1) is 15.6. The Bertz CT molecular complexity index is 347. The maximum atomic E-state index is 12.5. The second kappa shape index (κ2) is 6.48. The molecule has 0 radical (unpaired) electrons. The molecule has 0 saturated heterocycles. The number of hydroxylamine groups is 4. The Morgan fingerprint density at radius 1 is 0.905 bits per heavy atom. The van der Waals surface area contributed by atoms with Crippen molar-refractivity contribution in [2.24, 2.45) is 11.8 Å². The summed E-state index contributed by atoms with van der Waals surface area (Å²) in [7, 11) is 3.41. The van der Waals surface area contributed by atoms with Crippen LogP contribution in [0.5, 0.6) is 0 Å². The van der Waals surface area contributed by atoms with Gasteiger partial charge >= 0.3 is 0 Å². The lowest BCUT2D eigenvalue weighted by molar-refractivity contribution is -1.08. The monoisotopic (exact) mass is 300 g/mol. The molecule has 0 spiro atoms. The Kier molecular flexibility index (Phi) is 4.83. The molecule has 3 saturated carbocycles. The van der Waals surface area contributed by atoms with E-state index in [4.69, 9.17) is 9.57 Å². The van der Waals surface area contributed by atoms with Crippen LogP contribution in [0.15, 0.2) is 0 Å². The summed E-state index contributed by atoms with van der Waals surface area (Å²) in [5, 5.41) is 24.4. The number of ether oxygens (including phenoxy) is 1. The molecule has 2 bridgehead atoms. The Hall–Kier alpha value is -0.240. The standard InChI is InChI=1S/C15H28N2O4/c1-16(18)14-8-10-7-13(14)15(9-10)17(19)21-12-5-3-11(20-2)4-6-12/h10-17H,3-9H2,1-2H3. The highest BCUT2D eigenvalue weighted by Crippen LogP contribution is 2.42. The number of hydrogen-bond acceptors (Lipinski definition) is 4. The van der Waals surface area contributed by atoms with Gasteiger partial charge in [-0.1, -0.05) is 0 Å². The van der Waals surface area contributed by atoms with E-state index in [1.165, 1.54) is 0 Å². The molecule has 2 N–H and O–H groups in total. The molecule has 3 fully saturated rings. The van der Waals surface area contributed by atoms with Crippen molar-refractivity contribution in [1.82, 2.24) is 0 Å². The second-order valence-electron chi connectivity index (χ2n) is 7.13. The van der Waals surface area contributed by atoms with Crippen LogP contribution in [0.25, 0.3) is 0 Å². The number of methoxy groups -OCH3 is 1. The fourth-order valence-electron chi connectivity index (χ4n) is 4.73. The van der Waals surface area contributed by atoms with Crippen LogP contribution in [0.4, 0.5) is 0 Å². The SMILES string of the molecule is COC1CCC(O[NH+]([O-])C2CC3CC2C([NH+](C)[O-])C3)CC1. The van der Waals surface area contributed by atoms with E-state index in [0.717, 1.165) is 44.9 Å². The molecule has 6 atom stereocenters. The fourth-order valence-corrected chi connectivity index (χ4v) is 4.73. The summed E-state index contributed by atoms with van der Waals surface area (Å²) in [5.74, 6) is 0.806. The van der Waals surface area contributed by atoms with Gasteiger partial charge in [0, 0.05) is 20.0 Å². The van der Waals surface area contributed by atoms with Gasteiger partial charge < -0.3 is 20.2 Å². The van der Waals surface area contributed by atoms with Gasteiger partial charge in [0.25, 0.3) is 0 Å². The third kappa shape index (κ3) is 3.25. The van der Waals surface area contributed by atoms with E-state index in [1.807, 2.05) is 0 Å². The van der Waals surface area contributed by atoms with Crippen LogP contribution in [0.3, 0.4) is 0 Å². The third-order valence-corrected chi connectivity index (χ3v) is 5.88. The molecule has 3 rings (SSSR count). The molecule has 0 aromatic heterocycles. The maximum absolute atomic E-state index is 12.5. The average molecular weight is 300 g/mol. The lowest BCUT2D eigenvalue weighted by atomic mass is 9.91. The van der Waals surface area contributed by atoms with Gasteiger partial charge in [0.15, 0.2) is 0 Å². The minimum absolute atomic E-state index is 0.0298. The number of rotatable bonds is 5. The molecule has 6 unspecified atom stereocenters. The minimum atomic E-state index is -0.0469. The van der Waals surface area contributed by atoms with Crippen molar-refractivity contribution in [1.29, 1.82) is 0 Å². The predicted molar refractivity (Wildman–Crippen MR) is 77.1 cm³/mol. The molecule has 6 nitrogen and oxygen atoms in total. The van der Waals surface area contributed by atoms with Crippen molar-refractivity contribution >= 4 is 0 Å². The van der Waals surface area contributed by atoms with Gasteiger partial charge in [0.2, 0.25) is 0 Å². The summed E-state index contributed by atoms with van der Waals surface area (Å²) >= 11 is 0. The van der Waals surface area contributed by atoms with Crippen molar-refractivity contribution < 1.29 is 19.9 Å². The van der Waals surface area contributed by atoms with Crippen molar-refractivity contribution in [3.05, 3.63) is 10.4 Å². The van der Waals surface area contributed by atoms with Crippen LogP contribution in [-0.4, -0.2) is 38.4 Å². The lowest BCUT2D eigenvalue weighted by Gasteiger charge is -2.40. The molecule has 6 heteroatoms. The van der Waals surface area contributed by atoms with E-state index in [0.29, 0.717) is 12.0 Å². The van der Waals surface area contributed by atoms with Crippen molar-refractivity contribution in [2.45, 2.75) is 69.2 Å². The van der Waals surface area contributed by atoms with E-state index in [-0.39, 0.29) is 34.4 Å². The molecule has 0 aliphatic heterocycles. The van der Waals surface area contributed by atoms with E-state index in [1.54, 1.807) is 14.2 Å². The van der Waals surface area contributed by atoms with Gasteiger partial charge in [0.05, 0.1) is 25.1 Å². The largest absolute Gasteiger partial charge is 0.634 e. The molecule has 0 aromatic carbocycles. The molecular weight excluding hydrogens is 272 g/mol. The maximum Gasteiger partial charge on any atom is 0.126 e. The summed E-state index contributed by atoms with van der Waals surface area (Å²) in [5.41, 5.74) is 0. The Labute approximate surface area is 126 Å². The van der Waals surface area contributed by atoms with Gasteiger partial charge in [-0.2, -0.15) is 0 Å². The van der Waals surface area contributed by atoms with Crippen molar-refractivity contribution in [3.63, 3.8) is 0 Å². The Morgan fingerprint density at radius 2 is 1.52 bits per heavy atom. The van der Waals surface area contributed by atoms with Crippen molar-refractivity contribution in [2.75, 3.05) is 14.2 Å². The molecule has 122 valence electrons. The molecule has 21 heavy (non-hydrogen) atoms. The van der Waals surface area contributed by atoms with E-state index in [9.17, 15) is 10.4 Å². The van der Waals surface area contributed by atoms with E-state index in [2.05, 4.69) is 0 Å². The molecular formula is C15H28N2O4. The van der Waals surface area contributed by atoms with Gasteiger partial charge in [-0.05, 0) is 38.0 Å². The molecule has 0 amide bonds. The summed E-state index contributed by atoms with van der Waals surface area (Å²) in [6.07, 6.45) is 7.10. The molecule has 0 aromatic rings. The highest BCUT2D eigenvalue weighted by Gasteiger charge is 2.52. The van der Waals surface area contributed by atoms with E-state index < -0.39 is 0 Å². The first-order valence-electron chi connectivity index (χ1n) is 8.32. The zero-order chi connectivity index (χ0) is 15.0. The molecule has 3 aliphatic rings. The zero-order valence-corrected chi connectivity index (χ0v) is 13.0.